The number of benzene rings is 11. The molecule has 0 atom stereocenters. The minimum atomic E-state index is 1.10. The lowest BCUT2D eigenvalue weighted by atomic mass is 9.92. The van der Waals surface area contributed by atoms with Gasteiger partial charge < -0.3 is 4.90 Å². The minimum absolute atomic E-state index is 1.10. The average Bonchev–Trinajstić information content (AvgIpc) is 3.29. The van der Waals surface area contributed by atoms with E-state index in [1.54, 1.807) is 0 Å². The van der Waals surface area contributed by atoms with Crippen molar-refractivity contribution in [3.63, 3.8) is 0 Å². The van der Waals surface area contributed by atoms with Gasteiger partial charge in [0.2, 0.25) is 0 Å². The van der Waals surface area contributed by atoms with Crippen LogP contribution in [-0.2, 0) is 0 Å². The summed E-state index contributed by atoms with van der Waals surface area (Å²) in [5, 5.41) is 12.6. The van der Waals surface area contributed by atoms with Gasteiger partial charge in [-0.05, 0) is 113 Å². The van der Waals surface area contributed by atoms with Crippen molar-refractivity contribution >= 4 is 70.9 Å². The second-order valence-electron chi connectivity index (χ2n) is 14.9. The lowest BCUT2D eigenvalue weighted by Crippen LogP contribution is -2.12. The van der Waals surface area contributed by atoms with Gasteiger partial charge in [0.25, 0.3) is 0 Å². The number of hydrogen-bond donors (Lipinski definition) is 0. The number of fused-ring (bicyclic) bond motifs is 8. The predicted molar refractivity (Wildman–Crippen MR) is 245 cm³/mol. The summed E-state index contributed by atoms with van der Waals surface area (Å²) >= 11 is 0. The smallest absolute Gasteiger partial charge is 0.0546 e. The molecule has 266 valence electrons. The first-order chi connectivity index (χ1) is 28.3. The molecular weight excluding hydrogens is 687 g/mol. The van der Waals surface area contributed by atoms with Crippen LogP contribution in [0, 0.1) is 0 Å². The molecule has 0 aliphatic rings. The molecule has 1 heteroatoms. The SMILES string of the molecule is c1ccc(-c2ccc(N(c3ccc(-c4ccc5ccc6ccc7ccccc7c6c5c4)cc3-c3ccccc3)c3cc4ccccc4c4ccccc34)cc2)cc1. The Labute approximate surface area is 332 Å². The fourth-order valence-electron chi connectivity index (χ4n) is 8.83. The molecule has 0 fully saturated rings. The second-order valence-corrected chi connectivity index (χ2v) is 14.9. The Balaban J connectivity index is 1.16. The van der Waals surface area contributed by atoms with Gasteiger partial charge >= 0.3 is 0 Å². The van der Waals surface area contributed by atoms with E-state index in [1.165, 1.54) is 87.2 Å². The van der Waals surface area contributed by atoms with Crippen molar-refractivity contribution in [1.29, 1.82) is 0 Å². The summed E-state index contributed by atoms with van der Waals surface area (Å²) in [6.45, 7) is 0. The van der Waals surface area contributed by atoms with Crippen LogP contribution in [0.1, 0.15) is 0 Å². The Kier molecular flexibility index (Phi) is 7.89. The van der Waals surface area contributed by atoms with Crippen LogP contribution in [0.25, 0.3) is 87.2 Å². The number of anilines is 3. The zero-order valence-electron chi connectivity index (χ0n) is 31.3. The zero-order valence-corrected chi connectivity index (χ0v) is 31.3. The van der Waals surface area contributed by atoms with Gasteiger partial charge in [0, 0.05) is 16.6 Å². The molecule has 11 aromatic rings. The molecule has 0 aliphatic carbocycles. The topological polar surface area (TPSA) is 3.24 Å². The molecule has 0 radical (unpaired) electrons. The van der Waals surface area contributed by atoms with Crippen molar-refractivity contribution in [3.8, 4) is 33.4 Å². The van der Waals surface area contributed by atoms with Gasteiger partial charge in [-0.2, -0.15) is 0 Å². The quantitative estimate of drug-likeness (QED) is 0.154. The Hall–Kier alpha value is -7.48. The maximum Gasteiger partial charge on any atom is 0.0546 e. The molecule has 0 heterocycles. The fourth-order valence-corrected chi connectivity index (χ4v) is 8.83. The van der Waals surface area contributed by atoms with Crippen molar-refractivity contribution in [1.82, 2.24) is 0 Å². The molecule has 0 saturated carbocycles. The minimum Gasteiger partial charge on any atom is -0.309 e. The monoisotopic (exact) mass is 723 g/mol. The van der Waals surface area contributed by atoms with Gasteiger partial charge in [0.1, 0.15) is 0 Å². The summed E-state index contributed by atoms with van der Waals surface area (Å²) in [5.41, 5.74) is 10.5. The van der Waals surface area contributed by atoms with E-state index in [0.29, 0.717) is 0 Å². The normalized spacial score (nSPS) is 11.5. The van der Waals surface area contributed by atoms with E-state index in [0.717, 1.165) is 17.1 Å². The molecule has 0 unspecified atom stereocenters. The van der Waals surface area contributed by atoms with Crippen molar-refractivity contribution in [2.75, 3.05) is 4.90 Å². The molecule has 0 spiro atoms. The molecule has 57 heavy (non-hydrogen) atoms. The summed E-state index contributed by atoms with van der Waals surface area (Å²) in [6, 6.07) is 82.2. The number of hydrogen-bond acceptors (Lipinski definition) is 1. The number of rotatable bonds is 6. The van der Waals surface area contributed by atoms with E-state index in [1.807, 2.05) is 0 Å². The summed E-state index contributed by atoms with van der Waals surface area (Å²) in [6.07, 6.45) is 0. The summed E-state index contributed by atoms with van der Waals surface area (Å²) in [5.74, 6) is 0. The first kappa shape index (κ1) is 32.9. The molecule has 0 bridgehead atoms. The molecular formula is C56H37N. The van der Waals surface area contributed by atoms with Crippen molar-refractivity contribution in [2.24, 2.45) is 0 Å². The second kappa shape index (κ2) is 13.7. The Morgan fingerprint density at radius 2 is 0.754 bits per heavy atom. The van der Waals surface area contributed by atoms with Crippen LogP contribution in [0.4, 0.5) is 17.1 Å². The van der Waals surface area contributed by atoms with Crippen LogP contribution in [0.3, 0.4) is 0 Å². The van der Waals surface area contributed by atoms with Gasteiger partial charge in [0.05, 0.1) is 11.4 Å². The maximum atomic E-state index is 2.47. The van der Waals surface area contributed by atoms with Crippen molar-refractivity contribution in [3.05, 3.63) is 224 Å². The van der Waals surface area contributed by atoms with E-state index >= 15 is 0 Å². The highest BCUT2D eigenvalue weighted by molar-refractivity contribution is 6.21. The fraction of sp³-hybridized carbons (Fsp3) is 0. The highest BCUT2D eigenvalue weighted by Gasteiger charge is 2.22. The van der Waals surface area contributed by atoms with E-state index in [2.05, 4.69) is 229 Å². The Morgan fingerprint density at radius 1 is 0.246 bits per heavy atom. The molecule has 1 nitrogen and oxygen atoms in total. The van der Waals surface area contributed by atoms with Gasteiger partial charge in [0.15, 0.2) is 0 Å². The first-order valence-electron chi connectivity index (χ1n) is 19.7. The van der Waals surface area contributed by atoms with Crippen LogP contribution in [0.2, 0.25) is 0 Å². The Bertz CT molecular complexity index is 3270. The average molecular weight is 724 g/mol. The molecule has 11 aromatic carbocycles. The standard InChI is InChI=1S/C56H37N/c1-3-13-38(14-4-1)39-29-32-47(33-30-39)57(55-37-46-18-8-9-19-48(46)50-21-11-12-22-51(50)55)54-34-31-45(35-52(54)40-15-5-2-6-16-40)44-28-25-42-24-27-43-26-23-41-17-7-10-20-49(41)56(43)53(42)36-44/h1-37H. The van der Waals surface area contributed by atoms with E-state index in [-0.39, 0.29) is 0 Å². The lowest BCUT2D eigenvalue weighted by Gasteiger charge is -2.30. The third-order valence-electron chi connectivity index (χ3n) is 11.6. The summed E-state index contributed by atoms with van der Waals surface area (Å²) < 4.78 is 0. The molecule has 0 amide bonds. The first-order valence-corrected chi connectivity index (χ1v) is 19.7. The zero-order chi connectivity index (χ0) is 37.7. The van der Waals surface area contributed by atoms with Crippen LogP contribution in [0.15, 0.2) is 224 Å². The summed E-state index contributed by atoms with van der Waals surface area (Å²) in [4.78, 5) is 2.47. The molecule has 0 saturated heterocycles. The van der Waals surface area contributed by atoms with Gasteiger partial charge in [-0.15, -0.1) is 0 Å². The lowest BCUT2D eigenvalue weighted by molar-refractivity contribution is 1.30. The molecule has 0 aliphatic heterocycles. The van der Waals surface area contributed by atoms with E-state index < -0.39 is 0 Å². The predicted octanol–water partition coefficient (Wildman–Crippen LogP) is 15.9. The Morgan fingerprint density at radius 3 is 1.51 bits per heavy atom. The third-order valence-corrected chi connectivity index (χ3v) is 11.6. The maximum absolute atomic E-state index is 2.47. The third kappa shape index (κ3) is 5.72. The number of nitrogens with zero attached hydrogens (tertiary/aromatic N) is 1. The van der Waals surface area contributed by atoms with E-state index in [9.17, 15) is 0 Å². The van der Waals surface area contributed by atoms with Crippen LogP contribution >= 0.6 is 0 Å². The van der Waals surface area contributed by atoms with Gasteiger partial charge in [-0.3, -0.25) is 0 Å². The highest BCUT2D eigenvalue weighted by atomic mass is 15.1. The largest absolute Gasteiger partial charge is 0.309 e. The highest BCUT2D eigenvalue weighted by Crippen LogP contribution is 2.47. The molecule has 11 rings (SSSR count). The van der Waals surface area contributed by atoms with Crippen molar-refractivity contribution < 1.29 is 0 Å². The van der Waals surface area contributed by atoms with Gasteiger partial charge in [-0.1, -0.05) is 188 Å². The van der Waals surface area contributed by atoms with Crippen LogP contribution in [-0.4, -0.2) is 0 Å². The summed E-state index contributed by atoms with van der Waals surface area (Å²) in [7, 11) is 0. The van der Waals surface area contributed by atoms with E-state index in [4.69, 9.17) is 0 Å². The van der Waals surface area contributed by atoms with Crippen LogP contribution < -0.4 is 4.90 Å². The van der Waals surface area contributed by atoms with Crippen LogP contribution in [0.5, 0.6) is 0 Å². The van der Waals surface area contributed by atoms with Gasteiger partial charge in [-0.25, -0.2) is 0 Å². The molecule has 0 aromatic heterocycles. The van der Waals surface area contributed by atoms with Crippen molar-refractivity contribution in [2.45, 2.75) is 0 Å². The molecule has 0 N–H and O–H groups in total.